The summed E-state index contributed by atoms with van der Waals surface area (Å²) in [4.78, 5) is 0. The fourth-order valence-corrected chi connectivity index (χ4v) is 2.36. The Hall–Kier alpha value is -0.830. The van der Waals surface area contributed by atoms with Crippen LogP contribution in [0.1, 0.15) is 44.5 Å². The lowest BCUT2D eigenvalue weighted by Crippen LogP contribution is -2.36. The largest absolute Gasteiger partial charge is 0.311 e. The lowest BCUT2D eigenvalue weighted by Gasteiger charge is -2.19. The van der Waals surface area contributed by atoms with Gasteiger partial charge in [-0.3, -0.25) is 5.10 Å². The van der Waals surface area contributed by atoms with Gasteiger partial charge in [-0.15, -0.1) is 0 Å². The molecule has 1 aromatic heterocycles. The Morgan fingerprint density at radius 1 is 1.44 bits per heavy atom. The van der Waals surface area contributed by atoms with Crippen LogP contribution in [0.2, 0.25) is 0 Å². The summed E-state index contributed by atoms with van der Waals surface area (Å²) in [6.07, 6.45) is 5.24. The molecular weight excluding hydrogens is 198 g/mol. The van der Waals surface area contributed by atoms with E-state index in [1.165, 1.54) is 19.3 Å². The van der Waals surface area contributed by atoms with Gasteiger partial charge in [0.15, 0.2) is 0 Å². The summed E-state index contributed by atoms with van der Waals surface area (Å²) in [7, 11) is 0. The molecule has 1 heterocycles. The molecule has 16 heavy (non-hydrogen) atoms. The van der Waals surface area contributed by atoms with E-state index in [9.17, 15) is 0 Å². The van der Waals surface area contributed by atoms with Gasteiger partial charge < -0.3 is 5.32 Å². The number of nitrogens with zero attached hydrogens (tertiary/aromatic N) is 1. The van der Waals surface area contributed by atoms with Crippen LogP contribution in [0.5, 0.6) is 0 Å². The van der Waals surface area contributed by atoms with Crippen LogP contribution >= 0.6 is 0 Å². The Morgan fingerprint density at radius 3 is 2.75 bits per heavy atom. The minimum atomic E-state index is 0.511. The van der Waals surface area contributed by atoms with Gasteiger partial charge in [0.05, 0.1) is 5.69 Å². The normalized spacial score (nSPS) is 19.7. The van der Waals surface area contributed by atoms with Crippen molar-refractivity contribution < 1.29 is 0 Å². The molecule has 0 radical (unpaired) electrons. The number of rotatable bonds is 6. The van der Waals surface area contributed by atoms with E-state index in [2.05, 4.69) is 35.4 Å². The van der Waals surface area contributed by atoms with Gasteiger partial charge in [-0.2, -0.15) is 5.10 Å². The van der Waals surface area contributed by atoms with E-state index in [1.54, 1.807) is 0 Å². The van der Waals surface area contributed by atoms with Crippen molar-refractivity contribution in [2.45, 2.75) is 58.5 Å². The minimum absolute atomic E-state index is 0.511. The maximum Gasteiger partial charge on any atom is 0.0640 e. The molecule has 0 amide bonds. The first kappa shape index (κ1) is 11.6. The van der Waals surface area contributed by atoms with Gasteiger partial charge in [0.2, 0.25) is 0 Å². The van der Waals surface area contributed by atoms with Gasteiger partial charge in [-0.1, -0.05) is 12.8 Å². The molecule has 1 aromatic rings. The number of aromatic nitrogens is 2. The summed E-state index contributed by atoms with van der Waals surface area (Å²) in [5, 5.41) is 10.9. The van der Waals surface area contributed by atoms with E-state index >= 15 is 0 Å². The van der Waals surface area contributed by atoms with E-state index in [0.29, 0.717) is 12.1 Å². The average Bonchev–Trinajstić information content (AvgIpc) is 2.89. The quantitative estimate of drug-likeness (QED) is 0.774. The van der Waals surface area contributed by atoms with Crippen LogP contribution < -0.4 is 5.32 Å². The third-order valence-electron chi connectivity index (χ3n) is 3.23. The fraction of sp³-hybridized carbons (Fsp3) is 0.769. The fourth-order valence-electron chi connectivity index (χ4n) is 2.36. The summed E-state index contributed by atoms with van der Waals surface area (Å²) in [6.45, 7) is 6.59. The second-order valence-corrected chi connectivity index (χ2v) is 5.39. The van der Waals surface area contributed by atoms with E-state index in [0.717, 1.165) is 23.7 Å². The van der Waals surface area contributed by atoms with Crippen molar-refractivity contribution in [2.24, 2.45) is 5.92 Å². The SMILES string of the molecule is Cc1cc(CC(C)NC(C)CC2CC2)n[nH]1. The Morgan fingerprint density at radius 2 is 2.19 bits per heavy atom. The molecule has 0 bridgehead atoms. The zero-order chi connectivity index (χ0) is 11.5. The first-order valence-electron chi connectivity index (χ1n) is 6.40. The van der Waals surface area contributed by atoms with Crippen LogP contribution in [-0.2, 0) is 6.42 Å². The van der Waals surface area contributed by atoms with Gasteiger partial charge in [0.25, 0.3) is 0 Å². The minimum Gasteiger partial charge on any atom is -0.311 e. The van der Waals surface area contributed by atoms with Crippen molar-refractivity contribution in [2.75, 3.05) is 0 Å². The number of hydrogen-bond acceptors (Lipinski definition) is 2. The zero-order valence-electron chi connectivity index (χ0n) is 10.6. The monoisotopic (exact) mass is 221 g/mol. The van der Waals surface area contributed by atoms with Crippen molar-refractivity contribution in [1.29, 1.82) is 0 Å². The lowest BCUT2D eigenvalue weighted by atomic mass is 10.1. The highest BCUT2D eigenvalue weighted by Crippen LogP contribution is 2.33. The van der Waals surface area contributed by atoms with E-state index in [4.69, 9.17) is 0 Å². The number of H-pyrrole nitrogens is 1. The molecule has 2 atom stereocenters. The van der Waals surface area contributed by atoms with Gasteiger partial charge in [0, 0.05) is 24.2 Å². The number of aryl methyl sites for hydroxylation is 1. The highest BCUT2D eigenvalue weighted by Gasteiger charge is 2.24. The molecule has 1 fully saturated rings. The number of aromatic amines is 1. The van der Waals surface area contributed by atoms with Gasteiger partial charge >= 0.3 is 0 Å². The van der Waals surface area contributed by atoms with E-state index < -0.39 is 0 Å². The predicted octanol–water partition coefficient (Wildman–Crippen LogP) is 2.43. The Balaban J connectivity index is 1.72. The molecule has 0 aliphatic heterocycles. The molecule has 2 unspecified atom stereocenters. The smallest absolute Gasteiger partial charge is 0.0640 e. The Kier molecular flexibility index (Phi) is 3.64. The summed E-state index contributed by atoms with van der Waals surface area (Å²) >= 11 is 0. The van der Waals surface area contributed by atoms with Crippen molar-refractivity contribution in [3.8, 4) is 0 Å². The first-order valence-corrected chi connectivity index (χ1v) is 6.40. The molecule has 2 N–H and O–H groups in total. The van der Waals surface area contributed by atoms with E-state index in [1.807, 2.05) is 6.92 Å². The molecular formula is C13H23N3. The second-order valence-electron chi connectivity index (χ2n) is 5.39. The number of hydrogen-bond donors (Lipinski definition) is 2. The molecule has 3 nitrogen and oxygen atoms in total. The van der Waals surface area contributed by atoms with Crippen LogP contribution in [0.4, 0.5) is 0 Å². The lowest BCUT2D eigenvalue weighted by molar-refractivity contribution is 0.426. The van der Waals surface area contributed by atoms with Gasteiger partial charge in [-0.25, -0.2) is 0 Å². The van der Waals surface area contributed by atoms with Gasteiger partial charge in [0.1, 0.15) is 0 Å². The molecule has 90 valence electrons. The standard InChI is InChI=1S/C13H23N3/c1-9(6-12-4-5-12)14-10(2)7-13-8-11(3)15-16-13/h8-10,12,14H,4-7H2,1-3H3,(H,15,16). The summed E-state index contributed by atoms with van der Waals surface area (Å²) in [5.74, 6) is 1.00. The molecule has 2 rings (SSSR count). The van der Waals surface area contributed by atoms with Crippen molar-refractivity contribution in [3.63, 3.8) is 0 Å². The molecule has 1 aliphatic carbocycles. The summed E-state index contributed by atoms with van der Waals surface area (Å²) < 4.78 is 0. The van der Waals surface area contributed by atoms with E-state index in [-0.39, 0.29) is 0 Å². The van der Waals surface area contributed by atoms with Crippen LogP contribution in [0.3, 0.4) is 0 Å². The third kappa shape index (κ3) is 3.63. The third-order valence-corrected chi connectivity index (χ3v) is 3.23. The molecule has 1 aliphatic rings. The highest BCUT2D eigenvalue weighted by atomic mass is 15.1. The Labute approximate surface area is 98.0 Å². The van der Waals surface area contributed by atoms with Crippen LogP contribution in [-0.4, -0.2) is 22.3 Å². The van der Waals surface area contributed by atoms with Crippen LogP contribution in [0, 0.1) is 12.8 Å². The molecule has 0 spiro atoms. The Bertz CT molecular complexity index is 328. The highest BCUT2D eigenvalue weighted by molar-refractivity contribution is 5.07. The van der Waals surface area contributed by atoms with Crippen molar-refractivity contribution in [3.05, 3.63) is 17.5 Å². The maximum atomic E-state index is 4.27. The molecule has 0 aromatic carbocycles. The molecule has 3 heteroatoms. The predicted molar refractivity (Wildman–Crippen MR) is 66.4 cm³/mol. The van der Waals surface area contributed by atoms with Gasteiger partial charge in [-0.05, 0) is 39.2 Å². The number of nitrogens with one attached hydrogen (secondary N) is 2. The van der Waals surface area contributed by atoms with Crippen molar-refractivity contribution in [1.82, 2.24) is 15.5 Å². The summed E-state index contributed by atoms with van der Waals surface area (Å²) in [6, 6.07) is 3.28. The molecule has 1 saturated carbocycles. The second kappa shape index (κ2) is 5.00. The summed E-state index contributed by atoms with van der Waals surface area (Å²) in [5.41, 5.74) is 2.31. The first-order chi connectivity index (χ1) is 7.63. The van der Waals surface area contributed by atoms with Crippen LogP contribution in [0.25, 0.3) is 0 Å². The van der Waals surface area contributed by atoms with Crippen molar-refractivity contribution >= 4 is 0 Å². The zero-order valence-corrected chi connectivity index (χ0v) is 10.6. The maximum absolute atomic E-state index is 4.27. The van der Waals surface area contributed by atoms with Crippen LogP contribution in [0.15, 0.2) is 6.07 Å². The topological polar surface area (TPSA) is 40.7 Å². The molecule has 0 saturated heterocycles. The average molecular weight is 221 g/mol.